The summed E-state index contributed by atoms with van der Waals surface area (Å²) in [5.74, 6) is 0.248. The lowest BCUT2D eigenvalue weighted by molar-refractivity contribution is -0.385. The number of benzene rings is 2. The van der Waals surface area contributed by atoms with Crippen molar-refractivity contribution >= 4 is 23.2 Å². The number of nitro groups is 1. The van der Waals surface area contributed by atoms with Crippen LogP contribution in [-0.4, -0.2) is 63.4 Å². The molecule has 0 fully saturated rings. The van der Waals surface area contributed by atoms with Crippen LogP contribution in [0.5, 0.6) is 17.2 Å². The topological polar surface area (TPSA) is 100 Å². The van der Waals surface area contributed by atoms with Crippen molar-refractivity contribution in [1.82, 2.24) is 4.90 Å². The smallest absolute Gasteiger partial charge is 0.313 e. The number of rotatable bonds is 11. The van der Waals surface area contributed by atoms with Crippen LogP contribution in [0.3, 0.4) is 0 Å². The standard InChI is InChI=1S/C20H23ClN2O7/c1-27-10-8-22(9-11-28-2)20(24)14-4-6-18(19(12-14)29-3)30-17-7-5-15(21)13-16(17)23(25)26/h4-7,12-13H,8-11H2,1-3H3. The lowest BCUT2D eigenvalue weighted by atomic mass is 10.1. The highest BCUT2D eigenvalue weighted by molar-refractivity contribution is 6.30. The summed E-state index contributed by atoms with van der Waals surface area (Å²) in [5, 5.41) is 11.5. The molecule has 0 aliphatic rings. The van der Waals surface area contributed by atoms with E-state index in [-0.39, 0.29) is 33.9 Å². The molecule has 162 valence electrons. The van der Waals surface area contributed by atoms with E-state index in [2.05, 4.69) is 0 Å². The minimum absolute atomic E-state index is 0.00333. The minimum Gasteiger partial charge on any atom is -0.493 e. The molecular weight excluding hydrogens is 416 g/mol. The summed E-state index contributed by atoms with van der Waals surface area (Å²) < 4.78 is 21.1. The molecule has 2 aromatic rings. The van der Waals surface area contributed by atoms with Gasteiger partial charge in [0.05, 0.1) is 25.2 Å². The summed E-state index contributed by atoms with van der Waals surface area (Å²) in [6, 6.07) is 8.69. The number of hydrogen-bond donors (Lipinski definition) is 0. The van der Waals surface area contributed by atoms with Crippen LogP contribution in [0.4, 0.5) is 5.69 Å². The predicted octanol–water partition coefficient (Wildman–Crippen LogP) is 3.78. The Morgan fingerprint density at radius 3 is 2.20 bits per heavy atom. The molecule has 0 bridgehead atoms. The first-order valence-corrected chi connectivity index (χ1v) is 9.36. The van der Waals surface area contributed by atoms with Gasteiger partial charge in [-0.3, -0.25) is 14.9 Å². The number of carbonyl (C=O) groups excluding carboxylic acids is 1. The number of carbonyl (C=O) groups is 1. The van der Waals surface area contributed by atoms with Crippen LogP contribution >= 0.6 is 11.6 Å². The Balaban J connectivity index is 2.30. The third kappa shape index (κ3) is 6.06. The molecule has 30 heavy (non-hydrogen) atoms. The molecule has 0 spiro atoms. The largest absolute Gasteiger partial charge is 0.493 e. The number of amides is 1. The fourth-order valence-corrected chi connectivity index (χ4v) is 2.79. The second kappa shape index (κ2) is 11.3. The zero-order chi connectivity index (χ0) is 22.1. The predicted molar refractivity (Wildman–Crippen MR) is 111 cm³/mol. The summed E-state index contributed by atoms with van der Waals surface area (Å²) >= 11 is 5.84. The van der Waals surface area contributed by atoms with Gasteiger partial charge in [-0.25, -0.2) is 0 Å². The van der Waals surface area contributed by atoms with Gasteiger partial charge in [0.25, 0.3) is 5.91 Å². The van der Waals surface area contributed by atoms with Crippen molar-refractivity contribution in [3.05, 3.63) is 57.1 Å². The second-order valence-corrected chi connectivity index (χ2v) is 6.55. The lowest BCUT2D eigenvalue weighted by Crippen LogP contribution is -2.36. The molecule has 0 aliphatic heterocycles. The molecule has 0 saturated heterocycles. The van der Waals surface area contributed by atoms with Crippen LogP contribution in [0.25, 0.3) is 0 Å². The van der Waals surface area contributed by atoms with Crippen molar-refractivity contribution in [2.45, 2.75) is 0 Å². The first-order valence-electron chi connectivity index (χ1n) is 8.98. The number of ether oxygens (including phenoxy) is 4. The van der Waals surface area contributed by atoms with Crippen molar-refractivity contribution in [3.8, 4) is 17.2 Å². The highest BCUT2D eigenvalue weighted by atomic mass is 35.5. The van der Waals surface area contributed by atoms with E-state index < -0.39 is 4.92 Å². The van der Waals surface area contributed by atoms with Crippen molar-refractivity contribution in [2.24, 2.45) is 0 Å². The molecular formula is C20H23ClN2O7. The molecule has 0 heterocycles. The van der Waals surface area contributed by atoms with E-state index in [9.17, 15) is 14.9 Å². The zero-order valence-electron chi connectivity index (χ0n) is 16.9. The van der Waals surface area contributed by atoms with Crippen molar-refractivity contribution in [3.63, 3.8) is 0 Å². The SMILES string of the molecule is COCCN(CCOC)C(=O)c1ccc(Oc2ccc(Cl)cc2[N+](=O)[O-])c(OC)c1. The summed E-state index contributed by atoms with van der Waals surface area (Å²) in [6.45, 7) is 1.56. The van der Waals surface area contributed by atoms with Crippen LogP contribution in [0.15, 0.2) is 36.4 Å². The minimum atomic E-state index is -0.588. The number of halogens is 1. The number of nitro benzene ring substituents is 1. The van der Waals surface area contributed by atoms with Gasteiger partial charge < -0.3 is 23.8 Å². The summed E-state index contributed by atoms with van der Waals surface area (Å²) in [7, 11) is 4.54. The monoisotopic (exact) mass is 438 g/mol. The van der Waals surface area contributed by atoms with E-state index >= 15 is 0 Å². The number of methoxy groups -OCH3 is 3. The second-order valence-electron chi connectivity index (χ2n) is 6.11. The van der Waals surface area contributed by atoms with Crippen LogP contribution < -0.4 is 9.47 Å². The lowest BCUT2D eigenvalue weighted by Gasteiger charge is -2.22. The van der Waals surface area contributed by atoms with Crippen LogP contribution in [-0.2, 0) is 9.47 Å². The quantitative estimate of drug-likeness (QED) is 0.388. The first kappa shape index (κ1) is 23.4. The van der Waals surface area contributed by atoms with Crippen LogP contribution in [0.2, 0.25) is 5.02 Å². The molecule has 0 atom stereocenters. The van der Waals surface area contributed by atoms with E-state index in [0.29, 0.717) is 31.9 Å². The number of nitrogens with zero attached hydrogens (tertiary/aromatic N) is 2. The molecule has 0 aliphatic carbocycles. The number of hydrogen-bond acceptors (Lipinski definition) is 7. The van der Waals surface area contributed by atoms with Gasteiger partial charge in [-0.1, -0.05) is 11.6 Å². The van der Waals surface area contributed by atoms with Gasteiger partial charge >= 0.3 is 5.69 Å². The Morgan fingerprint density at radius 2 is 1.63 bits per heavy atom. The zero-order valence-corrected chi connectivity index (χ0v) is 17.7. The third-order valence-corrected chi connectivity index (χ3v) is 4.40. The van der Waals surface area contributed by atoms with Crippen LogP contribution in [0, 0.1) is 10.1 Å². The van der Waals surface area contributed by atoms with Gasteiger partial charge in [-0.05, 0) is 30.3 Å². The average molecular weight is 439 g/mol. The Labute approximate surface area is 179 Å². The maximum absolute atomic E-state index is 12.9. The summed E-state index contributed by atoms with van der Waals surface area (Å²) in [6.07, 6.45) is 0. The van der Waals surface area contributed by atoms with Gasteiger partial charge in [0.2, 0.25) is 5.75 Å². The highest BCUT2D eigenvalue weighted by Crippen LogP contribution is 2.38. The molecule has 2 aromatic carbocycles. The normalized spacial score (nSPS) is 10.5. The molecule has 0 aromatic heterocycles. The van der Waals surface area contributed by atoms with E-state index in [1.165, 1.54) is 37.4 Å². The van der Waals surface area contributed by atoms with Gasteiger partial charge in [0.1, 0.15) is 0 Å². The van der Waals surface area contributed by atoms with Gasteiger partial charge in [-0.2, -0.15) is 0 Å². The Hall–Kier alpha value is -2.88. The Bertz CT molecular complexity index is 883. The van der Waals surface area contributed by atoms with E-state index in [4.69, 9.17) is 30.5 Å². The molecule has 0 N–H and O–H groups in total. The fourth-order valence-electron chi connectivity index (χ4n) is 2.62. The highest BCUT2D eigenvalue weighted by Gasteiger charge is 2.21. The van der Waals surface area contributed by atoms with Crippen LogP contribution in [0.1, 0.15) is 10.4 Å². The molecule has 9 nitrogen and oxygen atoms in total. The first-order chi connectivity index (χ1) is 14.4. The Morgan fingerprint density at radius 1 is 1.00 bits per heavy atom. The maximum atomic E-state index is 12.9. The summed E-state index contributed by atoms with van der Waals surface area (Å²) in [4.78, 5) is 25.2. The van der Waals surface area contributed by atoms with E-state index in [0.717, 1.165) is 0 Å². The molecule has 10 heteroatoms. The molecule has 2 rings (SSSR count). The molecule has 0 radical (unpaired) electrons. The van der Waals surface area contributed by atoms with Crippen molar-refractivity contribution < 1.29 is 28.7 Å². The summed E-state index contributed by atoms with van der Waals surface area (Å²) in [5.41, 5.74) is 0.0898. The van der Waals surface area contributed by atoms with E-state index in [1.54, 1.807) is 25.2 Å². The molecule has 1 amide bonds. The van der Waals surface area contributed by atoms with Gasteiger partial charge in [0.15, 0.2) is 11.5 Å². The van der Waals surface area contributed by atoms with E-state index in [1.807, 2.05) is 0 Å². The average Bonchev–Trinajstić information content (AvgIpc) is 2.74. The maximum Gasteiger partial charge on any atom is 0.313 e. The molecule has 0 unspecified atom stereocenters. The molecule has 0 saturated carbocycles. The third-order valence-electron chi connectivity index (χ3n) is 4.17. The Kier molecular flexibility index (Phi) is 8.85. The van der Waals surface area contributed by atoms with Gasteiger partial charge in [-0.15, -0.1) is 0 Å². The van der Waals surface area contributed by atoms with Crippen molar-refractivity contribution in [2.75, 3.05) is 47.6 Å². The van der Waals surface area contributed by atoms with Crippen molar-refractivity contribution in [1.29, 1.82) is 0 Å². The fraction of sp³-hybridized carbons (Fsp3) is 0.350. The van der Waals surface area contributed by atoms with Gasteiger partial charge in [0, 0.05) is 44.0 Å².